The molecule has 0 radical (unpaired) electrons. The summed E-state index contributed by atoms with van der Waals surface area (Å²) in [5.41, 5.74) is 0.949. The first-order chi connectivity index (χ1) is 8.24. The summed E-state index contributed by atoms with van der Waals surface area (Å²) in [6.07, 6.45) is 3.22. The van der Waals surface area contributed by atoms with Gasteiger partial charge in [0.15, 0.2) is 0 Å². The third kappa shape index (κ3) is 5.03. The molecule has 0 saturated carbocycles. The maximum absolute atomic E-state index is 10.4. The molecule has 1 N–H and O–H groups in total. The molecule has 0 unspecified atom stereocenters. The molecule has 0 aromatic heterocycles. The highest BCUT2D eigenvalue weighted by Gasteiger charge is 2.02. The molecule has 0 spiro atoms. The molecule has 1 rings (SSSR count). The summed E-state index contributed by atoms with van der Waals surface area (Å²) in [6.45, 7) is 2.71. The molecule has 4 heteroatoms. The zero-order valence-electron chi connectivity index (χ0n) is 9.90. The quantitative estimate of drug-likeness (QED) is 0.367. The van der Waals surface area contributed by atoms with Crippen LogP contribution in [0.3, 0.4) is 0 Å². The van der Waals surface area contributed by atoms with Gasteiger partial charge in [0.2, 0.25) is 0 Å². The molecule has 90 valence electrons. The second-order valence-electron chi connectivity index (χ2n) is 3.61. The minimum absolute atomic E-state index is 0.101. The zero-order chi connectivity index (χ0) is 12.5. The van der Waals surface area contributed by atoms with Crippen molar-refractivity contribution in [3.05, 3.63) is 34.4 Å². The molecular weight excluding hydrogens is 216 g/mol. The lowest BCUT2D eigenvalue weighted by Crippen LogP contribution is -1.98. The normalized spacial score (nSPS) is 9.24. The lowest BCUT2D eigenvalue weighted by atomic mass is 10.2. The van der Waals surface area contributed by atoms with Gasteiger partial charge in [0, 0.05) is 24.2 Å². The van der Waals surface area contributed by atoms with Crippen molar-refractivity contribution in [2.45, 2.75) is 26.2 Å². The van der Waals surface area contributed by atoms with Gasteiger partial charge in [0.05, 0.1) is 11.5 Å². The van der Waals surface area contributed by atoms with Crippen LogP contribution in [0.5, 0.6) is 0 Å². The minimum atomic E-state index is -0.408. The van der Waals surface area contributed by atoms with Crippen LogP contribution in [0.15, 0.2) is 24.3 Å². The van der Waals surface area contributed by atoms with Gasteiger partial charge in [-0.25, -0.2) is 0 Å². The number of rotatable bonds is 5. The van der Waals surface area contributed by atoms with Crippen LogP contribution in [0.2, 0.25) is 0 Å². The fourth-order valence-electron chi connectivity index (χ4n) is 1.26. The highest BCUT2D eigenvalue weighted by molar-refractivity contribution is 5.49. The van der Waals surface area contributed by atoms with Crippen LogP contribution in [0.25, 0.3) is 0 Å². The molecular formula is C13H16N2O2. The van der Waals surface area contributed by atoms with E-state index in [2.05, 4.69) is 24.1 Å². The molecule has 0 saturated heterocycles. The Balaban J connectivity index is 2.36. The van der Waals surface area contributed by atoms with Gasteiger partial charge in [-0.2, -0.15) is 0 Å². The second-order valence-corrected chi connectivity index (χ2v) is 3.61. The van der Waals surface area contributed by atoms with E-state index in [4.69, 9.17) is 0 Å². The summed E-state index contributed by atoms with van der Waals surface area (Å²) in [5.74, 6) is 6.08. The molecule has 17 heavy (non-hydrogen) atoms. The standard InChI is InChI=1S/C13H16N2O2/c1-2-3-4-5-6-11-14-12-7-9-13(10-8-12)15(16)17/h7-10,14H,2-4,11H2,1H3. The average Bonchev–Trinajstić information content (AvgIpc) is 2.34. The van der Waals surface area contributed by atoms with Crippen LogP contribution in [0.1, 0.15) is 26.2 Å². The van der Waals surface area contributed by atoms with Crippen molar-refractivity contribution in [1.82, 2.24) is 0 Å². The summed E-state index contributed by atoms with van der Waals surface area (Å²) in [5, 5.41) is 13.5. The Morgan fingerprint density at radius 2 is 2.00 bits per heavy atom. The Morgan fingerprint density at radius 3 is 2.59 bits per heavy atom. The number of hydrogen-bond acceptors (Lipinski definition) is 3. The number of nitro benzene ring substituents is 1. The Morgan fingerprint density at radius 1 is 1.29 bits per heavy atom. The van der Waals surface area contributed by atoms with Crippen molar-refractivity contribution in [3.63, 3.8) is 0 Å². The van der Waals surface area contributed by atoms with E-state index in [1.165, 1.54) is 12.1 Å². The molecule has 0 heterocycles. The van der Waals surface area contributed by atoms with Crippen molar-refractivity contribution in [2.75, 3.05) is 11.9 Å². The van der Waals surface area contributed by atoms with Crippen LogP contribution in [-0.2, 0) is 0 Å². The predicted molar refractivity (Wildman–Crippen MR) is 68.9 cm³/mol. The lowest BCUT2D eigenvalue weighted by Gasteiger charge is -2.00. The van der Waals surface area contributed by atoms with Crippen molar-refractivity contribution in [3.8, 4) is 11.8 Å². The summed E-state index contributed by atoms with van der Waals surface area (Å²) < 4.78 is 0. The molecule has 0 fully saturated rings. The molecule has 4 nitrogen and oxygen atoms in total. The third-order valence-electron chi connectivity index (χ3n) is 2.24. The van der Waals surface area contributed by atoms with E-state index in [0.29, 0.717) is 6.54 Å². The van der Waals surface area contributed by atoms with Gasteiger partial charge < -0.3 is 5.32 Å². The third-order valence-corrected chi connectivity index (χ3v) is 2.24. The van der Waals surface area contributed by atoms with Crippen molar-refractivity contribution in [1.29, 1.82) is 0 Å². The second kappa shape index (κ2) is 7.29. The first-order valence-electron chi connectivity index (χ1n) is 5.68. The van der Waals surface area contributed by atoms with Gasteiger partial charge in [-0.3, -0.25) is 10.1 Å². The first-order valence-corrected chi connectivity index (χ1v) is 5.68. The SMILES string of the molecule is CCCCC#CCNc1ccc([N+](=O)[O-])cc1. The number of benzene rings is 1. The van der Waals surface area contributed by atoms with Gasteiger partial charge in [0.25, 0.3) is 5.69 Å². The zero-order valence-corrected chi connectivity index (χ0v) is 9.90. The largest absolute Gasteiger partial charge is 0.374 e. The van der Waals surface area contributed by atoms with Gasteiger partial charge in [-0.1, -0.05) is 19.3 Å². The summed E-state index contributed by atoms with van der Waals surface area (Å²) in [7, 11) is 0. The highest BCUT2D eigenvalue weighted by Crippen LogP contribution is 2.14. The molecule has 0 aliphatic rings. The van der Waals surface area contributed by atoms with E-state index in [0.717, 1.165) is 24.9 Å². The van der Waals surface area contributed by atoms with E-state index in [1.807, 2.05) is 0 Å². The van der Waals surface area contributed by atoms with Crippen LogP contribution < -0.4 is 5.32 Å². The van der Waals surface area contributed by atoms with E-state index in [9.17, 15) is 10.1 Å². The number of non-ortho nitro benzene ring substituents is 1. The Labute approximate surface area is 101 Å². The Kier molecular flexibility index (Phi) is 5.59. The van der Waals surface area contributed by atoms with Crippen LogP contribution in [-0.4, -0.2) is 11.5 Å². The van der Waals surface area contributed by atoms with E-state index in [-0.39, 0.29) is 5.69 Å². The number of hydrogen-bond donors (Lipinski definition) is 1. The molecule has 1 aromatic carbocycles. The van der Waals surface area contributed by atoms with E-state index >= 15 is 0 Å². The van der Waals surface area contributed by atoms with Gasteiger partial charge in [-0.15, -0.1) is 5.92 Å². The maximum atomic E-state index is 10.4. The van der Waals surface area contributed by atoms with Crippen LogP contribution in [0, 0.1) is 22.0 Å². The number of anilines is 1. The monoisotopic (exact) mass is 232 g/mol. The van der Waals surface area contributed by atoms with Crippen molar-refractivity contribution >= 4 is 11.4 Å². The molecule has 0 aliphatic carbocycles. The maximum Gasteiger partial charge on any atom is 0.269 e. The fourth-order valence-corrected chi connectivity index (χ4v) is 1.26. The number of nitro groups is 1. The molecule has 0 bridgehead atoms. The van der Waals surface area contributed by atoms with Crippen LogP contribution >= 0.6 is 0 Å². The van der Waals surface area contributed by atoms with E-state index < -0.39 is 4.92 Å². The van der Waals surface area contributed by atoms with Gasteiger partial charge >= 0.3 is 0 Å². The Bertz CT molecular complexity index is 415. The number of nitrogens with one attached hydrogen (secondary N) is 1. The molecule has 0 aliphatic heterocycles. The van der Waals surface area contributed by atoms with Gasteiger partial charge in [-0.05, 0) is 18.6 Å². The summed E-state index contributed by atoms with van der Waals surface area (Å²) in [6, 6.07) is 6.33. The summed E-state index contributed by atoms with van der Waals surface area (Å²) in [4.78, 5) is 10.0. The minimum Gasteiger partial charge on any atom is -0.374 e. The van der Waals surface area contributed by atoms with Crippen LogP contribution in [0.4, 0.5) is 11.4 Å². The molecule has 0 amide bonds. The average molecular weight is 232 g/mol. The molecule has 1 aromatic rings. The predicted octanol–water partition coefficient (Wildman–Crippen LogP) is 3.20. The number of unbranched alkanes of at least 4 members (excludes halogenated alkanes) is 2. The van der Waals surface area contributed by atoms with Gasteiger partial charge in [0.1, 0.15) is 0 Å². The smallest absolute Gasteiger partial charge is 0.269 e. The van der Waals surface area contributed by atoms with Crippen molar-refractivity contribution in [2.24, 2.45) is 0 Å². The fraction of sp³-hybridized carbons (Fsp3) is 0.385. The first kappa shape index (κ1) is 13.0. The lowest BCUT2D eigenvalue weighted by molar-refractivity contribution is -0.384. The van der Waals surface area contributed by atoms with Crippen molar-refractivity contribution < 1.29 is 4.92 Å². The topological polar surface area (TPSA) is 55.2 Å². The summed E-state index contributed by atoms with van der Waals surface area (Å²) >= 11 is 0. The highest BCUT2D eigenvalue weighted by atomic mass is 16.6. The number of nitrogens with zero attached hydrogens (tertiary/aromatic N) is 1. The molecule has 0 atom stereocenters. The van der Waals surface area contributed by atoms with E-state index in [1.54, 1.807) is 12.1 Å². The Hall–Kier alpha value is -2.02.